The van der Waals surface area contributed by atoms with Crippen molar-refractivity contribution < 1.29 is 0 Å². The molecule has 0 aliphatic carbocycles. The van der Waals surface area contributed by atoms with E-state index >= 15 is 0 Å². The molecular weight excluding hydrogens is 1350 g/mol. The second kappa shape index (κ2) is 27.7. The Morgan fingerprint density at radius 3 is 0.670 bits per heavy atom. The van der Waals surface area contributed by atoms with Crippen molar-refractivity contribution in [3.05, 3.63) is 437 Å². The van der Waals surface area contributed by atoms with Crippen LogP contribution < -0.4 is 0 Å². The first-order chi connectivity index (χ1) is 55.5. The smallest absolute Gasteiger partial charge is 0.0541 e. The largest absolute Gasteiger partial charge is 0.309 e. The molecule has 0 bridgehead atoms. The van der Waals surface area contributed by atoms with Gasteiger partial charge in [0.2, 0.25) is 0 Å². The number of rotatable bonds is 12. The van der Waals surface area contributed by atoms with Crippen LogP contribution in [-0.2, 0) is 0 Å². The average Bonchev–Trinajstić information content (AvgIpc) is 1.60. The third-order valence-corrected chi connectivity index (χ3v) is 22.6. The normalized spacial score (nSPS) is 11.6. The lowest BCUT2D eigenvalue weighted by molar-refractivity contribution is 1.18. The number of fused-ring (bicyclic) bond motifs is 12. The molecule has 0 unspecified atom stereocenters. The van der Waals surface area contributed by atoms with Gasteiger partial charge in [-0.05, 0) is 229 Å². The Kier molecular flexibility index (Phi) is 16.2. The number of benzene rings is 18. The van der Waals surface area contributed by atoms with Crippen LogP contribution in [0.15, 0.2) is 437 Å². The molecule has 112 heavy (non-hydrogen) atoms. The van der Waals surface area contributed by atoms with E-state index in [1.54, 1.807) is 0 Å². The Labute approximate surface area is 649 Å². The van der Waals surface area contributed by atoms with Crippen LogP contribution in [0.1, 0.15) is 0 Å². The van der Waals surface area contributed by atoms with Gasteiger partial charge in [-0.1, -0.05) is 297 Å². The molecule has 4 aromatic heterocycles. The van der Waals surface area contributed by atoms with Gasteiger partial charge in [0.25, 0.3) is 0 Å². The van der Waals surface area contributed by atoms with Gasteiger partial charge in [0.05, 0.1) is 44.1 Å². The van der Waals surface area contributed by atoms with E-state index in [0.717, 1.165) is 17.1 Å². The number of hydrogen-bond acceptors (Lipinski definition) is 0. The van der Waals surface area contributed by atoms with Gasteiger partial charge in [-0.3, -0.25) is 0 Å². The van der Waals surface area contributed by atoms with Gasteiger partial charge in [-0.2, -0.15) is 0 Å². The summed E-state index contributed by atoms with van der Waals surface area (Å²) in [4.78, 5) is 0. The predicted octanol–water partition coefficient (Wildman–Crippen LogP) is 29.1. The maximum Gasteiger partial charge on any atom is 0.0541 e. The van der Waals surface area contributed by atoms with Crippen molar-refractivity contribution >= 4 is 87.2 Å². The van der Waals surface area contributed by atoms with Crippen LogP contribution in [0.2, 0.25) is 0 Å². The quantitative estimate of drug-likeness (QED) is 0.116. The number of para-hydroxylation sites is 5. The summed E-state index contributed by atoms with van der Waals surface area (Å²) in [7, 11) is 0. The van der Waals surface area contributed by atoms with E-state index in [1.807, 2.05) is 0 Å². The van der Waals surface area contributed by atoms with Crippen molar-refractivity contribution in [3.8, 4) is 112 Å². The van der Waals surface area contributed by atoms with E-state index in [9.17, 15) is 0 Å². The summed E-state index contributed by atoms with van der Waals surface area (Å²) in [6.07, 6.45) is 0. The van der Waals surface area contributed by atoms with E-state index in [4.69, 9.17) is 0 Å². The van der Waals surface area contributed by atoms with Crippen molar-refractivity contribution in [2.45, 2.75) is 0 Å². The van der Waals surface area contributed by atoms with Crippen molar-refractivity contribution in [1.82, 2.24) is 18.3 Å². The van der Waals surface area contributed by atoms with Gasteiger partial charge in [-0.15, -0.1) is 0 Å². The van der Waals surface area contributed by atoms with Gasteiger partial charge < -0.3 is 18.3 Å². The molecule has 0 aliphatic rings. The van der Waals surface area contributed by atoms with Crippen molar-refractivity contribution in [3.63, 3.8) is 0 Å². The van der Waals surface area contributed by atoms with E-state index < -0.39 is 0 Å². The zero-order chi connectivity index (χ0) is 74.0. The third kappa shape index (κ3) is 11.6. The molecule has 4 heterocycles. The number of nitrogens with zero attached hydrogens (tertiary/aromatic N) is 4. The Balaban J connectivity index is 0.000000141. The SMILES string of the molecule is c1ccc(-c2cc(-c3ccccc3)cc(-n3c4ccccc4c4cc(-c5cccc(-c6ccc7c(c6)c6ccccc6n7-c6ccccc6)c5)ccc43)c2)cc1.c1ccc(-c2ccc(-n3c4ccccc4c4cc(-c5cccc(-c6ccc7c(c6)c6ccccc6n7-c6cccc(-c7ccccc7)c6)c5)ccc43)cc2)cc1. The van der Waals surface area contributed by atoms with Crippen LogP contribution in [0.3, 0.4) is 0 Å². The standard InChI is InChI=1S/2C54H36N2/c1-4-15-37(16-5-1)43-32-44(38-17-6-2-7-18-38)34-46(33-43)56-52-26-13-11-24-48(52)50-36-42(28-30-54(50)56)40-20-14-19-39(31-40)41-27-29-53-49(35-41)47-23-10-12-25-51(47)55(53)45-21-8-3-9-22-45;1-3-13-37(14-4-1)39-25-29-45(30-26-39)55-51-23-9-7-21-47(51)49-35-43(27-31-53(49)55)40-17-11-18-41(33-40)44-28-32-54-50(36-44)48-22-8-10-24-52(48)56(54)46-20-12-19-42(34-46)38-15-5-2-6-16-38/h2*1-36H. The molecule has 0 N–H and O–H groups in total. The average molecular weight is 1430 g/mol. The molecule has 0 aliphatic heterocycles. The first kappa shape index (κ1) is 65.5. The van der Waals surface area contributed by atoms with Gasteiger partial charge in [-0.25, -0.2) is 0 Å². The van der Waals surface area contributed by atoms with Crippen molar-refractivity contribution in [2.24, 2.45) is 0 Å². The van der Waals surface area contributed by atoms with Crippen LogP contribution in [0.25, 0.3) is 199 Å². The molecule has 0 atom stereocenters. The van der Waals surface area contributed by atoms with Crippen LogP contribution in [-0.4, -0.2) is 18.3 Å². The van der Waals surface area contributed by atoms with Gasteiger partial charge in [0.15, 0.2) is 0 Å². The lowest BCUT2D eigenvalue weighted by Gasteiger charge is -2.14. The summed E-state index contributed by atoms with van der Waals surface area (Å²) in [6, 6.07) is 159. The van der Waals surface area contributed by atoms with Crippen LogP contribution in [0.5, 0.6) is 0 Å². The number of hydrogen-bond donors (Lipinski definition) is 0. The van der Waals surface area contributed by atoms with E-state index in [2.05, 4.69) is 455 Å². The van der Waals surface area contributed by atoms with E-state index in [-0.39, 0.29) is 0 Å². The fourth-order valence-corrected chi connectivity index (χ4v) is 17.3. The molecule has 18 aromatic carbocycles. The van der Waals surface area contributed by atoms with E-state index in [1.165, 1.54) is 182 Å². The molecule has 4 nitrogen and oxygen atoms in total. The van der Waals surface area contributed by atoms with Crippen molar-refractivity contribution in [1.29, 1.82) is 0 Å². The minimum absolute atomic E-state index is 1.15. The molecule has 22 rings (SSSR count). The maximum absolute atomic E-state index is 2.44. The predicted molar refractivity (Wildman–Crippen MR) is 474 cm³/mol. The molecule has 4 heteroatoms. The van der Waals surface area contributed by atoms with Crippen LogP contribution >= 0.6 is 0 Å². The lowest BCUT2D eigenvalue weighted by Crippen LogP contribution is -1.96. The Morgan fingerprint density at radius 2 is 0.304 bits per heavy atom. The van der Waals surface area contributed by atoms with Crippen molar-refractivity contribution in [2.75, 3.05) is 0 Å². The molecule has 0 saturated carbocycles. The first-order valence-corrected chi connectivity index (χ1v) is 38.5. The third-order valence-electron chi connectivity index (χ3n) is 22.6. The summed E-state index contributed by atoms with van der Waals surface area (Å²) in [5.41, 5.74) is 33.6. The minimum Gasteiger partial charge on any atom is -0.309 e. The minimum atomic E-state index is 1.15. The zero-order valence-electron chi connectivity index (χ0n) is 61.4. The summed E-state index contributed by atoms with van der Waals surface area (Å²) in [5, 5.41) is 10.0. The summed E-state index contributed by atoms with van der Waals surface area (Å²) < 4.78 is 9.60. The first-order valence-electron chi connectivity index (χ1n) is 38.5. The highest BCUT2D eigenvalue weighted by Crippen LogP contribution is 2.43. The fraction of sp³-hybridized carbons (Fsp3) is 0. The highest BCUT2D eigenvalue weighted by Gasteiger charge is 2.21. The molecule has 0 radical (unpaired) electrons. The van der Waals surface area contributed by atoms with Gasteiger partial charge in [0.1, 0.15) is 0 Å². The molecule has 0 spiro atoms. The Morgan fingerprint density at radius 1 is 0.0982 bits per heavy atom. The maximum atomic E-state index is 2.44. The number of aromatic nitrogens is 4. The zero-order valence-corrected chi connectivity index (χ0v) is 61.4. The second-order valence-electron chi connectivity index (χ2n) is 29.2. The fourth-order valence-electron chi connectivity index (χ4n) is 17.3. The molecule has 22 aromatic rings. The molecule has 0 saturated heterocycles. The second-order valence-corrected chi connectivity index (χ2v) is 29.2. The van der Waals surface area contributed by atoms with E-state index in [0.29, 0.717) is 0 Å². The molecular formula is C108H72N4. The van der Waals surface area contributed by atoms with Gasteiger partial charge >= 0.3 is 0 Å². The highest BCUT2D eigenvalue weighted by atomic mass is 15.0. The lowest BCUT2D eigenvalue weighted by atomic mass is 9.97. The van der Waals surface area contributed by atoms with Crippen LogP contribution in [0.4, 0.5) is 0 Å². The van der Waals surface area contributed by atoms with Gasteiger partial charge in [0, 0.05) is 65.8 Å². The molecule has 524 valence electrons. The molecule has 0 amide bonds. The summed E-state index contributed by atoms with van der Waals surface area (Å²) >= 11 is 0. The highest BCUT2D eigenvalue weighted by molar-refractivity contribution is 6.14. The summed E-state index contributed by atoms with van der Waals surface area (Å²) in [5.74, 6) is 0. The Bertz CT molecular complexity index is 7270. The monoisotopic (exact) mass is 1420 g/mol. The Hall–Kier alpha value is -14.8. The van der Waals surface area contributed by atoms with Crippen LogP contribution in [0, 0.1) is 0 Å². The summed E-state index contributed by atoms with van der Waals surface area (Å²) in [6.45, 7) is 0. The molecule has 0 fully saturated rings. The topological polar surface area (TPSA) is 19.7 Å².